The van der Waals surface area contributed by atoms with Crippen molar-refractivity contribution in [1.82, 2.24) is 0 Å². The van der Waals surface area contributed by atoms with E-state index in [1.54, 1.807) is 0 Å². The zero-order chi connectivity index (χ0) is 14.4. The minimum atomic E-state index is -0.978. The summed E-state index contributed by atoms with van der Waals surface area (Å²) in [6, 6.07) is 0. The molecule has 0 spiro atoms. The Bertz CT molecular complexity index is 333. The Kier molecular flexibility index (Phi) is 8.48. The molecular weight excluding hydrogens is 326 g/mol. The number of esters is 1. The fraction of sp³-hybridized carbons (Fsp3) is 0.875. The van der Waals surface area contributed by atoms with Gasteiger partial charge < -0.3 is 9.84 Å². The normalized spacial score (nSPS) is 22.1. The summed E-state index contributed by atoms with van der Waals surface area (Å²) in [5, 5.41) is 9.30. The predicted octanol–water partition coefficient (Wildman–Crippen LogP) is 2.35. The van der Waals surface area contributed by atoms with Crippen LogP contribution in [0.4, 0.5) is 0 Å². The molecule has 0 amide bonds. The molecule has 0 bridgehead atoms. The van der Waals surface area contributed by atoms with Gasteiger partial charge in [0.05, 0.1) is 0 Å². The molecule has 5 heteroatoms. The summed E-state index contributed by atoms with van der Waals surface area (Å²) < 4.78 is 5.32. The van der Waals surface area contributed by atoms with Gasteiger partial charge in [-0.15, -0.1) is 0 Å². The van der Waals surface area contributed by atoms with E-state index in [0.717, 1.165) is 38.5 Å². The molecule has 1 unspecified atom stereocenters. The van der Waals surface area contributed by atoms with Gasteiger partial charge in [0.25, 0.3) is 0 Å². The molecule has 2 aliphatic rings. The van der Waals surface area contributed by atoms with E-state index in [4.69, 9.17) is 4.74 Å². The van der Waals surface area contributed by atoms with Crippen molar-refractivity contribution in [3.63, 3.8) is 0 Å². The summed E-state index contributed by atoms with van der Waals surface area (Å²) in [4.78, 5) is 23.3. The van der Waals surface area contributed by atoms with Gasteiger partial charge in [-0.1, -0.05) is 38.5 Å². The molecule has 1 atom stereocenters. The third kappa shape index (κ3) is 6.07. The van der Waals surface area contributed by atoms with E-state index in [1.807, 2.05) is 0 Å². The second-order valence-corrected chi connectivity index (χ2v) is 6.35. The van der Waals surface area contributed by atoms with Crippen molar-refractivity contribution in [3.8, 4) is 0 Å². The number of hydrogen-bond donors (Lipinski definition) is 1. The van der Waals surface area contributed by atoms with Crippen molar-refractivity contribution >= 4 is 31.7 Å². The first-order valence-electron chi connectivity index (χ1n) is 8.09. The van der Waals surface area contributed by atoms with E-state index in [9.17, 15) is 14.7 Å². The monoisotopic (exact) mass is 354 g/mol. The van der Waals surface area contributed by atoms with Crippen LogP contribution in [0.2, 0.25) is 0 Å². The summed E-state index contributed by atoms with van der Waals surface area (Å²) >= 11 is 0. The Balaban J connectivity index is 0.00000220. The first kappa shape index (κ1) is 18.6. The van der Waals surface area contributed by atoms with Crippen LogP contribution in [0.25, 0.3) is 0 Å². The number of aliphatic carboxylic acids is 1. The molecule has 2 saturated carbocycles. The van der Waals surface area contributed by atoms with Crippen molar-refractivity contribution < 1.29 is 19.4 Å². The molecule has 2 fully saturated rings. The topological polar surface area (TPSA) is 63.6 Å². The van der Waals surface area contributed by atoms with Crippen molar-refractivity contribution in [1.29, 1.82) is 0 Å². The Labute approximate surface area is 140 Å². The van der Waals surface area contributed by atoms with Gasteiger partial charge in [-0.2, -0.15) is 0 Å². The summed E-state index contributed by atoms with van der Waals surface area (Å²) in [6.45, 7) is 0. The Hall–Kier alpha value is -0.424. The van der Waals surface area contributed by atoms with Crippen LogP contribution in [0.15, 0.2) is 0 Å². The fourth-order valence-electron chi connectivity index (χ4n) is 3.60. The summed E-state index contributed by atoms with van der Waals surface area (Å²) in [7, 11) is 0. The number of carboxylic acid groups (broad SMARTS) is 1. The van der Waals surface area contributed by atoms with Crippen molar-refractivity contribution in [2.45, 2.75) is 76.7 Å². The first-order chi connectivity index (χ1) is 9.66. The average molecular weight is 355 g/mol. The molecule has 0 aromatic rings. The second kappa shape index (κ2) is 9.56. The molecule has 120 valence electrons. The molecule has 1 N–H and O–H groups in total. The van der Waals surface area contributed by atoms with Crippen LogP contribution in [0, 0.1) is 11.8 Å². The first-order valence-corrected chi connectivity index (χ1v) is 8.09. The third-order valence-corrected chi connectivity index (χ3v) is 4.76. The van der Waals surface area contributed by atoms with E-state index in [0.29, 0.717) is 12.3 Å². The van der Waals surface area contributed by atoms with Crippen LogP contribution in [-0.2, 0) is 14.3 Å². The second-order valence-electron chi connectivity index (χ2n) is 6.35. The van der Waals surface area contributed by atoms with Gasteiger partial charge in [-0.05, 0) is 31.6 Å². The summed E-state index contributed by atoms with van der Waals surface area (Å²) in [5.41, 5.74) is 0. The van der Waals surface area contributed by atoms with E-state index in [1.165, 1.54) is 25.7 Å². The van der Waals surface area contributed by atoms with E-state index in [2.05, 4.69) is 0 Å². The van der Waals surface area contributed by atoms with Gasteiger partial charge in [0, 0.05) is 12.3 Å². The van der Waals surface area contributed by atoms with Crippen LogP contribution < -0.4 is 0 Å². The zero-order valence-electron chi connectivity index (χ0n) is 12.2. The van der Waals surface area contributed by atoms with Gasteiger partial charge in [-0.25, -0.2) is 4.79 Å². The fourth-order valence-corrected chi connectivity index (χ4v) is 3.60. The maximum atomic E-state index is 12.0. The van der Waals surface area contributed by atoms with E-state index < -0.39 is 12.1 Å². The van der Waals surface area contributed by atoms with Crippen molar-refractivity contribution in [2.75, 3.05) is 0 Å². The molecule has 0 aromatic heterocycles. The number of carbonyl (C=O) groups is 2. The summed E-state index contributed by atoms with van der Waals surface area (Å²) in [6.07, 6.45) is 10.3. The predicted molar refractivity (Wildman–Crippen MR) is 85.2 cm³/mol. The van der Waals surface area contributed by atoms with Crippen LogP contribution in [-0.4, -0.2) is 42.9 Å². The Morgan fingerprint density at radius 1 is 0.952 bits per heavy atom. The summed E-state index contributed by atoms with van der Waals surface area (Å²) in [5.74, 6) is -0.877. The van der Waals surface area contributed by atoms with Crippen molar-refractivity contribution in [3.05, 3.63) is 0 Å². The number of carboxylic acids is 1. The van der Waals surface area contributed by atoms with E-state index in [-0.39, 0.29) is 31.7 Å². The molecule has 4 nitrogen and oxygen atoms in total. The molecule has 0 radical (unpaired) electrons. The Morgan fingerprint density at radius 2 is 1.48 bits per heavy atom. The average Bonchev–Trinajstić information content (AvgIpc) is 2.46. The van der Waals surface area contributed by atoms with Crippen LogP contribution in [0.1, 0.15) is 70.6 Å². The van der Waals surface area contributed by atoms with Gasteiger partial charge in [0.2, 0.25) is 6.10 Å². The van der Waals surface area contributed by atoms with Crippen LogP contribution in [0.3, 0.4) is 0 Å². The van der Waals surface area contributed by atoms with Crippen LogP contribution in [0.5, 0.6) is 0 Å². The van der Waals surface area contributed by atoms with E-state index >= 15 is 0 Å². The van der Waals surface area contributed by atoms with Gasteiger partial charge in [0.15, 0.2) is 0 Å². The quantitative estimate of drug-likeness (QED) is 0.608. The number of rotatable bonds is 5. The van der Waals surface area contributed by atoms with Gasteiger partial charge in [-0.3, -0.25) is 4.79 Å². The number of carbonyl (C=O) groups excluding carboxylic acids is 1. The number of hydrogen-bond acceptors (Lipinski definition) is 3. The SMILES string of the molecule is O=C(CC1CCCCC1)OC(C(=O)O)C1CCCCC1.[GaH3]. The molecule has 21 heavy (non-hydrogen) atoms. The number of ether oxygens (including phenoxy) is 1. The minimum absolute atomic E-state index is 0. The Morgan fingerprint density at radius 3 is 2.00 bits per heavy atom. The maximum absolute atomic E-state index is 12.0. The molecule has 0 aliphatic heterocycles. The molecule has 0 aromatic carbocycles. The van der Waals surface area contributed by atoms with Gasteiger partial charge >= 0.3 is 31.7 Å². The van der Waals surface area contributed by atoms with Gasteiger partial charge in [0.1, 0.15) is 0 Å². The molecule has 0 heterocycles. The van der Waals surface area contributed by atoms with Crippen molar-refractivity contribution in [2.24, 2.45) is 11.8 Å². The van der Waals surface area contributed by atoms with Crippen LogP contribution >= 0.6 is 0 Å². The molecule has 2 rings (SSSR count). The third-order valence-electron chi connectivity index (χ3n) is 4.76. The standard InChI is InChI=1S/C16H26O4.Ga.3H/c17-14(11-12-7-3-1-4-8-12)20-15(16(18)19)13-9-5-2-6-10-13;;;;/h12-13,15H,1-11H2,(H,18,19);;;;. The molecular formula is C16H29GaO4. The molecule has 2 aliphatic carbocycles. The molecule has 0 saturated heterocycles. The zero-order valence-corrected chi connectivity index (χ0v) is 12.2.